The first-order valence-corrected chi connectivity index (χ1v) is 12.5. The summed E-state index contributed by atoms with van der Waals surface area (Å²) in [6.45, 7) is 4.18. The molecule has 0 spiro atoms. The van der Waals surface area contributed by atoms with Crippen molar-refractivity contribution >= 4 is 23.4 Å². The zero-order chi connectivity index (χ0) is 25.9. The van der Waals surface area contributed by atoms with Gasteiger partial charge in [-0.05, 0) is 43.4 Å². The molecule has 0 bridgehead atoms. The van der Waals surface area contributed by atoms with Crippen molar-refractivity contribution in [2.45, 2.75) is 46.0 Å². The molecule has 190 valence electrons. The van der Waals surface area contributed by atoms with Crippen LogP contribution in [-0.2, 0) is 27.2 Å². The van der Waals surface area contributed by atoms with E-state index in [2.05, 4.69) is 10.1 Å². The Balaban J connectivity index is 1.58. The normalized spacial score (nSPS) is 20.6. The van der Waals surface area contributed by atoms with E-state index in [4.69, 9.17) is 5.73 Å². The second-order valence-corrected chi connectivity index (χ2v) is 10.5. The molecular weight excluding hydrogens is 454 g/mol. The number of hydrogen-bond acceptors (Lipinski definition) is 5. The molecule has 2 N–H and O–H groups in total. The van der Waals surface area contributed by atoms with Gasteiger partial charge < -0.3 is 10.6 Å². The van der Waals surface area contributed by atoms with E-state index in [9.17, 15) is 14.4 Å². The Labute approximate surface area is 212 Å². The van der Waals surface area contributed by atoms with Gasteiger partial charge in [-0.3, -0.25) is 19.4 Å². The van der Waals surface area contributed by atoms with E-state index in [0.717, 1.165) is 17.0 Å². The fourth-order valence-electron chi connectivity index (χ4n) is 5.43. The van der Waals surface area contributed by atoms with Crippen molar-refractivity contribution in [3.05, 3.63) is 66.0 Å². The van der Waals surface area contributed by atoms with E-state index in [1.54, 1.807) is 32.0 Å². The highest BCUT2D eigenvalue weighted by Crippen LogP contribution is 2.40. The molecule has 1 aromatic heterocycles. The van der Waals surface area contributed by atoms with Gasteiger partial charge in [-0.1, -0.05) is 50.2 Å². The van der Waals surface area contributed by atoms with Gasteiger partial charge in [0.25, 0.3) is 5.91 Å². The number of fused-ring (bicyclic) bond motifs is 1. The van der Waals surface area contributed by atoms with Gasteiger partial charge in [0, 0.05) is 38.4 Å². The summed E-state index contributed by atoms with van der Waals surface area (Å²) in [5.41, 5.74) is 6.64. The van der Waals surface area contributed by atoms with Crippen LogP contribution in [-0.4, -0.2) is 58.5 Å². The van der Waals surface area contributed by atoms with E-state index < -0.39 is 22.7 Å². The zero-order valence-corrected chi connectivity index (χ0v) is 21.3. The summed E-state index contributed by atoms with van der Waals surface area (Å²) in [5, 5.41) is 5.95. The van der Waals surface area contributed by atoms with Gasteiger partial charge in [0.15, 0.2) is 0 Å². The van der Waals surface area contributed by atoms with Crippen molar-refractivity contribution in [3.63, 3.8) is 0 Å². The number of aryl methyl sites for hydroxylation is 1. The van der Waals surface area contributed by atoms with Crippen molar-refractivity contribution < 1.29 is 14.4 Å². The quantitative estimate of drug-likeness (QED) is 0.584. The summed E-state index contributed by atoms with van der Waals surface area (Å²) in [5.74, 6) is -1.33. The number of piperidine rings is 1. The fraction of sp³-hybridized carbons (Fsp3) is 0.464. The molecule has 8 heteroatoms. The molecule has 0 saturated carbocycles. The SMILES string of the molecule is CN1N=C2CCN(C(=O)[C@H](CCCc3ccccn3)C(C)(C)C(N)=O)C[C@@]2(Cc2ccccc2)C1=O. The molecule has 8 nitrogen and oxygen atoms in total. The maximum absolute atomic E-state index is 14.0. The Morgan fingerprint density at radius 2 is 1.86 bits per heavy atom. The van der Waals surface area contributed by atoms with Gasteiger partial charge in [-0.2, -0.15) is 5.10 Å². The third-order valence-corrected chi connectivity index (χ3v) is 7.72. The van der Waals surface area contributed by atoms with Crippen LogP contribution in [0.15, 0.2) is 59.8 Å². The van der Waals surface area contributed by atoms with Crippen LogP contribution in [0.4, 0.5) is 0 Å². The molecule has 3 heterocycles. The van der Waals surface area contributed by atoms with Crippen molar-refractivity contribution in [1.29, 1.82) is 0 Å². The number of nitrogens with two attached hydrogens (primary N) is 1. The minimum atomic E-state index is -1.03. The van der Waals surface area contributed by atoms with Crippen LogP contribution in [0.5, 0.6) is 0 Å². The molecule has 0 unspecified atom stereocenters. The van der Waals surface area contributed by atoms with E-state index in [1.165, 1.54) is 5.01 Å². The second kappa shape index (κ2) is 10.2. The average Bonchev–Trinajstić information content (AvgIpc) is 3.11. The first-order chi connectivity index (χ1) is 17.1. The maximum Gasteiger partial charge on any atom is 0.256 e. The van der Waals surface area contributed by atoms with E-state index >= 15 is 0 Å². The summed E-state index contributed by atoms with van der Waals surface area (Å²) >= 11 is 0. The molecule has 0 aliphatic carbocycles. The van der Waals surface area contributed by atoms with Crippen LogP contribution < -0.4 is 5.73 Å². The number of hydrazone groups is 1. The largest absolute Gasteiger partial charge is 0.369 e. The third kappa shape index (κ3) is 4.90. The molecule has 1 fully saturated rings. The number of aromatic nitrogens is 1. The van der Waals surface area contributed by atoms with Gasteiger partial charge in [-0.25, -0.2) is 5.01 Å². The molecule has 2 aromatic rings. The molecule has 1 saturated heterocycles. The minimum absolute atomic E-state index is 0.0975. The number of benzene rings is 1. The van der Waals surface area contributed by atoms with Gasteiger partial charge in [-0.15, -0.1) is 0 Å². The number of pyridine rings is 1. The maximum atomic E-state index is 14.0. The molecule has 2 aliphatic rings. The Kier molecular flexibility index (Phi) is 7.24. The molecule has 3 amide bonds. The molecule has 4 rings (SSSR count). The molecule has 2 aliphatic heterocycles. The van der Waals surface area contributed by atoms with Gasteiger partial charge in [0.1, 0.15) is 5.41 Å². The Hall–Kier alpha value is -3.55. The van der Waals surface area contributed by atoms with Crippen LogP contribution in [0, 0.1) is 16.7 Å². The number of primary amides is 1. The second-order valence-electron chi connectivity index (χ2n) is 10.5. The highest BCUT2D eigenvalue weighted by atomic mass is 16.2. The molecule has 2 atom stereocenters. The van der Waals surface area contributed by atoms with Crippen LogP contribution in [0.1, 0.15) is 44.4 Å². The highest BCUT2D eigenvalue weighted by molar-refractivity contribution is 6.13. The summed E-state index contributed by atoms with van der Waals surface area (Å²) in [6.07, 6.45) is 4.65. The number of rotatable bonds is 9. The smallest absolute Gasteiger partial charge is 0.256 e. The van der Waals surface area contributed by atoms with E-state index in [-0.39, 0.29) is 18.4 Å². The summed E-state index contributed by atoms with van der Waals surface area (Å²) < 4.78 is 0. The lowest BCUT2D eigenvalue weighted by atomic mass is 9.71. The lowest BCUT2D eigenvalue weighted by Gasteiger charge is -2.42. The average molecular weight is 490 g/mol. The van der Waals surface area contributed by atoms with Gasteiger partial charge >= 0.3 is 0 Å². The third-order valence-electron chi connectivity index (χ3n) is 7.72. The summed E-state index contributed by atoms with van der Waals surface area (Å²) in [6, 6.07) is 15.6. The summed E-state index contributed by atoms with van der Waals surface area (Å²) in [4.78, 5) is 46.0. The predicted molar refractivity (Wildman–Crippen MR) is 138 cm³/mol. The molecular formula is C28H35N5O3. The van der Waals surface area contributed by atoms with Crippen molar-refractivity contribution in [2.24, 2.45) is 27.6 Å². The minimum Gasteiger partial charge on any atom is -0.369 e. The number of nitrogens with zero attached hydrogens (tertiary/aromatic N) is 4. The first kappa shape index (κ1) is 25.5. The number of amides is 3. The van der Waals surface area contributed by atoms with Crippen molar-refractivity contribution in [2.75, 3.05) is 20.1 Å². The number of carbonyl (C=O) groups is 3. The summed E-state index contributed by atoms with van der Waals surface area (Å²) in [7, 11) is 1.67. The predicted octanol–water partition coefficient (Wildman–Crippen LogP) is 2.82. The number of carbonyl (C=O) groups excluding carboxylic acids is 3. The highest BCUT2D eigenvalue weighted by Gasteiger charge is 2.54. The molecule has 36 heavy (non-hydrogen) atoms. The van der Waals surface area contributed by atoms with E-state index in [1.807, 2.05) is 48.5 Å². The lowest BCUT2D eigenvalue weighted by Crippen LogP contribution is -2.58. The number of likely N-dealkylation sites (tertiary alicyclic amines) is 1. The fourth-order valence-corrected chi connectivity index (χ4v) is 5.43. The Morgan fingerprint density at radius 3 is 2.53 bits per heavy atom. The first-order valence-electron chi connectivity index (χ1n) is 12.5. The Morgan fingerprint density at radius 1 is 1.14 bits per heavy atom. The van der Waals surface area contributed by atoms with Gasteiger partial charge in [0.05, 0.1) is 17.0 Å². The van der Waals surface area contributed by atoms with Crippen LogP contribution in [0.3, 0.4) is 0 Å². The molecule has 0 radical (unpaired) electrons. The van der Waals surface area contributed by atoms with Crippen LogP contribution in [0.2, 0.25) is 0 Å². The van der Waals surface area contributed by atoms with Crippen molar-refractivity contribution in [1.82, 2.24) is 14.9 Å². The monoisotopic (exact) mass is 489 g/mol. The standard InChI is InChI=1S/C28H35N5O3/c1-27(2,25(29)35)22(14-9-13-21-12-7-8-16-30-21)24(34)33-17-15-23-28(19-33,26(36)32(3)31-23)18-20-10-5-4-6-11-20/h4-8,10-12,16,22H,9,13-15,17-19H2,1-3H3,(H2,29,35)/t22-,28+/m0/s1. The molecule has 1 aromatic carbocycles. The van der Waals surface area contributed by atoms with Crippen LogP contribution in [0.25, 0.3) is 0 Å². The van der Waals surface area contributed by atoms with E-state index in [0.29, 0.717) is 38.6 Å². The zero-order valence-electron chi connectivity index (χ0n) is 21.3. The van der Waals surface area contributed by atoms with Crippen molar-refractivity contribution in [3.8, 4) is 0 Å². The lowest BCUT2D eigenvalue weighted by molar-refractivity contribution is -0.148. The van der Waals surface area contributed by atoms with Crippen LogP contribution >= 0.6 is 0 Å². The number of hydrogen-bond donors (Lipinski definition) is 1. The van der Waals surface area contributed by atoms with Gasteiger partial charge in [0.2, 0.25) is 11.8 Å². The topological polar surface area (TPSA) is 109 Å². The Bertz CT molecular complexity index is 1150.